The van der Waals surface area contributed by atoms with Crippen LogP contribution in [0.15, 0.2) is 42.7 Å². The third-order valence-electron chi connectivity index (χ3n) is 5.11. The molecule has 0 saturated carbocycles. The van der Waals surface area contributed by atoms with Gasteiger partial charge in [0.05, 0.1) is 18.7 Å². The first-order chi connectivity index (χ1) is 15.2. The quantitative estimate of drug-likeness (QED) is 0.463. The smallest absolute Gasteiger partial charge is 0.163 e. The molecule has 1 aromatic heterocycles. The Labute approximate surface area is 185 Å². The molecular formula is C22H25ClN4O4. The van der Waals surface area contributed by atoms with Crippen LogP contribution < -0.4 is 14.8 Å². The van der Waals surface area contributed by atoms with Crippen molar-refractivity contribution in [2.24, 2.45) is 0 Å². The highest BCUT2D eigenvalue weighted by molar-refractivity contribution is 6.30. The van der Waals surface area contributed by atoms with Gasteiger partial charge >= 0.3 is 0 Å². The number of nitrogens with zero attached hydrogens (tertiary/aromatic N) is 3. The third-order valence-corrected chi connectivity index (χ3v) is 5.34. The minimum Gasteiger partial charge on any atom is -0.486 e. The van der Waals surface area contributed by atoms with Crippen LogP contribution in [-0.4, -0.2) is 70.6 Å². The zero-order valence-electron chi connectivity index (χ0n) is 17.0. The molecule has 164 valence electrons. The highest BCUT2D eigenvalue weighted by atomic mass is 35.5. The van der Waals surface area contributed by atoms with Crippen molar-refractivity contribution in [2.45, 2.75) is 12.5 Å². The van der Waals surface area contributed by atoms with E-state index in [-0.39, 0.29) is 19.3 Å². The third kappa shape index (κ3) is 5.34. The van der Waals surface area contributed by atoms with E-state index in [0.717, 1.165) is 23.0 Å². The molecule has 4 rings (SSSR count). The molecule has 1 unspecified atom stereocenters. The molecule has 0 radical (unpaired) electrons. The number of nitrogens with one attached hydrogen (secondary N) is 1. The fourth-order valence-electron chi connectivity index (χ4n) is 3.55. The number of rotatable bonds is 9. The molecule has 3 aromatic rings. The van der Waals surface area contributed by atoms with E-state index in [1.54, 1.807) is 0 Å². The van der Waals surface area contributed by atoms with E-state index < -0.39 is 0 Å². The van der Waals surface area contributed by atoms with E-state index in [9.17, 15) is 10.2 Å². The van der Waals surface area contributed by atoms with Gasteiger partial charge in [0.25, 0.3) is 0 Å². The molecule has 8 nitrogen and oxygen atoms in total. The Hall–Kier alpha value is -2.65. The number of fused-ring (bicyclic) bond motifs is 2. The monoisotopic (exact) mass is 444 g/mol. The van der Waals surface area contributed by atoms with Crippen molar-refractivity contribution in [1.82, 2.24) is 14.9 Å². The largest absolute Gasteiger partial charge is 0.486 e. The number of halogens is 1. The van der Waals surface area contributed by atoms with Gasteiger partial charge < -0.3 is 25.0 Å². The lowest BCUT2D eigenvalue weighted by molar-refractivity contribution is 0.0700. The molecule has 2 heterocycles. The highest BCUT2D eigenvalue weighted by Gasteiger charge is 2.23. The number of hydrogen-bond donors (Lipinski definition) is 3. The Balaban J connectivity index is 1.52. The van der Waals surface area contributed by atoms with Gasteiger partial charge in [0.15, 0.2) is 11.5 Å². The topological polar surface area (TPSA) is 100.0 Å². The Morgan fingerprint density at radius 2 is 1.90 bits per heavy atom. The molecule has 0 amide bonds. The van der Waals surface area contributed by atoms with Gasteiger partial charge in [-0.25, -0.2) is 9.97 Å². The molecule has 1 aliphatic rings. The first-order valence-corrected chi connectivity index (χ1v) is 10.6. The summed E-state index contributed by atoms with van der Waals surface area (Å²) in [6.07, 6.45) is 2.10. The summed E-state index contributed by atoms with van der Waals surface area (Å²) in [5, 5.41) is 23.1. The van der Waals surface area contributed by atoms with Crippen molar-refractivity contribution in [3.8, 4) is 11.5 Å². The van der Waals surface area contributed by atoms with Gasteiger partial charge in [-0.1, -0.05) is 17.7 Å². The summed E-state index contributed by atoms with van der Waals surface area (Å²) in [5.74, 6) is 1.94. The van der Waals surface area contributed by atoms with Crippen LogP contribution >= 0.6 is 11.6 Å². The van der Waals surface area contributed by atoms with Crippen LogP contribution in [0.4, 0.5) is 11.5 Å². The lowest BCUT2D eigenvalue weighted by atomic mass is 10.1. The molecule has 0 saturated heterocycles. The lowest BCUT2D eigenvalue weighted by Gasteiger charge is -2.29. The Kier molecular flexibility index (Phi) is 7.03. The Morgan fingerprint density at radius 1 is 1.06 bits per heavy atom. The van der Waals surface area contributed by atoms with Gasteiger partial charge in [-0.2, -0.15) is 0 Å². The number of aliphatic hydroxyl groups excluding tert-OH is 2. The maximum Gasteiger partial charge on any atom is 0.163 e. The Morgan fingerprint density at radius 3 is 2.68 bits per heavy atom. The second-order valence-electron chi connectivity index (χ2n) is 7.30. The number of hydrogen-bond acceptors (Lipinski definition) is 8. The van der Waals surface area contributed by atoms with E-state index >= 15 is 0 Å². The zero-order chi connectivity index (χ0) is 21.6. The van der Waals surface area contributed by atoms with Crippen LogP contribution in [0.25, 0.3) is 10.9 Å². The van der Waals surface area contributed by atoms with Crippen molar-refractivity contribution in [2.75, 3.05) is 44.8 Å². The molecule has 0 fully saturated rings. The van der Waals surface area contributed by atoms with Crippen LogP contribution in [0, 0.1) is 0 Å². The van der Waals surface area contributed by atoms with Crippen LogP contribution in [-0.2, 0) is 0 Å². The van der Waals surface area contributed by atoms with Crippen molar-refractivity contribution in [1.29, 1.82) is 0 Å². The van der Waals surface area contributed by atoms with Crippen LogP contribution in [0.1, 0.15) is 6.42 Å². The average molecular weight is 445 g/mol. The Bertz CT molecular complexity index is 1030. The minimum atomic E-state index is -0.126. The highest BCUT2D eigenvalue weighted by Crippen LogP contribution is 2.38. The summed E-state index contributed by atoms with van der Waals surface area (Å²) in [5.41, 5.74) is 1.57. The van der Waals surface area contributed by atoms with E-state index in [1.165, 1.54) is 6.33 Å². The van der Waals surface area contributed by atoms with E-state index in [4.69, 9.17) is 21.1 Å². The van der Waals surface area contributed by atoms with Crippen LogP contribution in [0.2, 0.25) is 5.02 Å². The average Bonchev–Trinajstić information content (AvgIpc) is 2.77. The van der Waals surface area contributed by atoms with Crippen molar-refractivity contribution in [3.05, 3.63) is 47.7 Å². The van der Waals surface area contributed by atoms with Gasteiger partial charge in [-0.3, -0.25) is 4.90 Å². The molecule has 31 heavy (non-hydrogen) atoms. The van der Waals surface area contributed by atoms with Crippen LogP contribution in [0.5, 0.6) is 11.5 Å². The summed E-state index contributed by atoms with van der Waals surface area (Å²) in [6.45, 7) is 2.28. The molecule has 9 heteroatoms. The second-order valence-corrected chi connectivity index (χ2v) is 7.74. The number of aromatic nitrogens is 2. The molecular weight excluding hydrogens is 420 g/mol. The maximum atomic E-state index is 9.17. The predicted octanol–water partition coefficient (Wildman–Crippen LogP) is 2.84. The molecule has 0 aliphatic carbocycles. The van der Waals surface area contributed by atoms with Gasteiger partial charge in [0.2, 0.25) is 0 Å². The first-order valence-electron chi connectivity index (χ1n) is 10.2. The molecule has 1 aliphatic heterocycles. The normalized spacial score (nSPS) is 15.4. The van der Waals surface area contributed by atoms with Gasteiger partial charge in [0.1, 0.15) is 24.9 Å². The van der Waals surface area contributed by atoms with E-state index in [0.29, 0.717) is 48.6 Å². The van der Waals surface area contributed by atoms with E-state index in [2.05, 4.69) is 15.3 Å². The number of ether oxygens (including phenoxy) is 2. The van der Waals surface area contributed by atoms with E-state index in [1.807, 2.05) is 41.3 Å². The summed E-state index contributed by atoms with van der Waals surface area (Å²) < 4.78 is 12.1. The summed E-state index contributed by atoms with van der Waals surface area (Å²) in [4.78, 5) is 10.7. The van der Waals surface area contributed by atoms with Gasteiger partial charge in [0, 0.05) is 48.2 Å². The summed E-state index contributed by atoms with van der Waals surface area (Å²) in [7, 11) is 0. The standard InChI is InChI=1S/C22H25ClN4O4/c23-15-2-1-3-16(10-15)26-22-18-11-21-20(12-19(18)24-14-25-22)30-13-17(31-21)4-5-27(6-8-28)7-9-29/h1-3,10-12,14,17,28-29H,4-9,13H2,(H,24,25,26). The first kappa shape index (κ1) is 21.6. The summed E-state index contributed by atoms with van der Waals surface area (Å²) >= 11 is 6.09. The molecule has 2 aromatic carbocycles. The number of aliphatic hydroxyl groups is 2. The second kappa shape index (κ2) is 10.1. The SMILES string of the molecule is OCCN(CCO)CCC1COc2cc3ncnc(Nc4cccc(Cl)c4)c3cc2O1. The van der Waals surface area contributed by atoms with Crippen LogP contribution in [0.3, 0.4) is 0 Å². The van der Waals surface area contributed by atoms with Gasteiger partial charge in [-0.05, 0) is 24.3 Å². The van der Waals surface area contributed by atoms with Crippen molar-refractivity contribution < 1.29 is 19.7 Å². The zero-order valence-corrected chi connectivity index (χ0v) is 17.8. The number of benzene rings is 2. The fourth-order valence-corrected chi connectivity index (χ4v) is 3.75. The minimum absolute atomic E-state index is 0.0548. The lowest BCUT2D eigenvalue weighted by Crippen LogP contribution is -2.36. The molecule has 0 bridgehead atoms. The molecule has 1 atom stereocenters. The predicted molar refractivity (Wildman–Crippen MR) is 119 cm³/mol. The fraction of sp³-hybridized carbons (Fsp3) is 0.364. The summed E-state index contributed by atoms with van der Waals surface area (Å²) in [6, 6.07) is 11.2. The van der Waals surface area contributed by atoms with Crippen molar-refractivity contribution >= 4 is 34.0 Å². The molecule has 0 spiro atoms. The number of anilines is 2. The van der Waals surface area contributed by atoms with Gasteiger partial charge in [-0.15, -0.1) is 0 Å². The maximum absolute atomic E-state index is 9.17. The van der Waals surface area contributed by atoms with Crippen molar-refractivity contribution in [3.63, 3.8) is 0 Å². The molecule has 3 N–H and O–H groups in total.